The Bertz CT molecular complexity index is 1380. The van der Waals surface area contributed by atoms with E-state index in [4.69, 9.17) is 23.7 Å². The molecule has 6 aliphatic rings. The Balaban J connectivity index is 1.44. The topological polar surface area (TPSA) is 114 Å². The molecule has 0 spiro atoms. The van der Waals surface area contributed by atoms with Crippen LogP contribution in [0.4, 0.5) is 0 Å². The molecule has 262 valence electrons. The number of allylic oxidation sites excluding steroid dienone is 2. The van der Waals surface area contributed by atoms with Crippen LogP contribution in [0.5, 0.6) is 0 Å². The van der Waals surface area contributed by atoms with Gasteiger partial charge in [0.2, 0.25) is 0 Å². The van der Waals surface area contributed by atoms with Crippen molar-refractivity contribution in [1.82, 2.24) is 0 Å². The van der Waals surface area contributed by atoms with E-state index in [0.717, 1.165) is 44.9 Å². The molecule has 6 rings (SSSR count). The maximum Gasteiger partial charge on any atom is 0.303 e. The van der Waals surface area contributed by atoms with Crippen molar-refractivity contribution < 1.29 is 42.9 Å². The van der Waals surface area contributed by atoms with E-state index in [1.807, 2.05) is 0 Å². The summed E-state index contributed by atoms with van der Waals surface area (Å²) in [6, 6.07) is 0. The fourth-order valence-corrected chi connectivity index (χ4v) is 12.6. The van der Waals surface area contributed by atoms with Gasteiger partial charge >= 0.3 is 23.9 Å². The Kier molecular flexibility index (Phi) is 8.09. The van der Waals surface area contributed by atoms with Crippen LogP contribution in [0.1, 0.15) is 114 Å². The van der Waals surface area contributed by atoms with Crippen molar-refractivity contribution in [3.63, 3.8) is 0 Å². The molecular formula is C38H56O9. The molecule has 12 atom stereocenters. The van der Waals surface area contributed by atoms with Crippen molar-refractivity contribution in [2.45, 2.75) is 139 Å². The standard InChI is InChI=1S/C38H56O9/c1-21(39)43-19-35(8)27-13-16-36(9)28(34(27,7)15-14-29(35)45-23(3)41)12-11-25-26-17-33(5,6)31-32(46-24(4)42)38(26,20-44-22(2)40)30(47-31)18-37(25,36)10/h11,26-32H,12-20H2,1-10H3/t26-,27+,28+,29-,30+,31+,32-,34-,35+,36+,37+,38-/m0/s1. The van der Waals surface area contributed by atoms with Crippen LogP contribution in [0.25, 0.3) is 0 Å². The summed E-state index contributed by atoms with van der Waals surface area (Å²) in [6.45, 7) is 20.1. The van der Waals surface area contributed by atoms with Gasteiger partial charge in [0.25, 0.3) is 0 Å². The van der Waals surface area contributed by atoms with Gasteiger partial charge in [0, 0.05) is 33.1 Å². The second-order valence-electron chi connectivity index (χ2n) is 17.6. The summed E-state index contributed by atoms with van der Waals surface area (Å²) < 4.78 is 30.7. The van der Waals surface area contributed by atoms with Crippen molar-refractivity contribution >= 4 is 23.9 Å². The van der Waals surface area contributed by atoms with Crippen molar-refractivity contribution in [2.75, 3.05) is 13.2 Å². The summed E-state index contributed by atoms with van der Waals surface area (Å²) in [4.78, 5) is 49.1. The number of ether oxygens (including phenoxy) is 5. The third-order valence-corrected chi connectivity index (χ3v) is 14.8. The Labute approximate surface area is 280 Å². The van der Waals surface area contributed by atoms with Gasteiger partial charge in [0.15, 0.2) is 0 Å². The van der Waals surface area contributed by atoms with E-state index in [-0.39, 0.29) is 88.9 Å². The molecule has 0 aromatic rings. The van der Waals surface area contributed by atoms with Gasteiger partial charge in [0.05, 0.1) is 11.5 Å². The predicted octanol–water partition coefficient (Wildman–Crippen LogP) is 6.35. The average molecular weight is 657 g/mol. The Hall–Kier alpha value is -2.42. The number of fused-ring (bicyclic) bond motifs is 7. The van der Waals surface area contributed by atoms with Gasteiger partial charge < -0.3 is 23.7 Å². The highest BCUT2D eigenvalue weighted by atomic mass is 16.6. The summed E-state index contributed by atoms with van der Waals surface area (Å²) in [6.07, 6.45) is 7.25. The van der Waals surface area contributed by atoms with Crippen LogP contribution in [-0.2, 0) is 42.9 Å². The van der Waals surface area contributed by atoms with Crippen LogP contribution in [0.15, 0.2) is 11.6 Å². The SMILES string of the molecule is CC(=O)OC[C@]1(C)[C@@H]2CC[C@]3(C)[C@H](CC=C4[C@@H]5CC(C)(C)[C@@H]6O[C@H](C[C@]43C)[C@@]5(COC(C)=O)[C@H]6OC(C)=O)[C@@]2(C)CC[C@@H]1OC(C)=O. The normalized spacial score (nSPS) is 47.3. The quantitative estimate of drug-likeness (QED) is 0.183. The van der Waals surface area contributed by atoms with Crippen molar-refractivity contribution in [3.8, 4) is 0 Å². The summed E-state index contributed by atoms with van der Waals surface area (Å²) in [7, 11) is 0. The molecule has 1 aliphatic heterocycles. The summed E-state index contributed by atoms with van der Waals surface area (Å²) in [5, 5.41) is 0. The van der Waals surface area contributed by atoms with Crippen molar-refractivity contribution in [3.05, 3.63) is 11.6 Å². The minimum atomic E-state index is -0.641. The van der Waals surface area contributed by atoms with Crippen LogP contribution in [0.3, 0.4) is 0 Å². The lowest BCUT2D eigenvalue weighted by molar-refractivity contribution is -0.230. The first-order valence-electron chi connectivity index (χ1n) is 17.7. The number of rotatable bonds is 6. The molecule has 1 heterocycles. The molecule has 0 unspecified atom stereocenters. The number of esters is 4. The third kappa shape index (κ3) is 4.78. The van der Waals surface area contributed by atoms with Gasteiger partial charge in [-0.1, -0.05) is 53.2 Å². The molecule has 5 fully saturated rings. The minimum Gasteiger partial charge on any atom is -0.465 e. The molecule has 5 aliphatic carbocycles. The van der Waals surface area contributed by atoms with Gasteiger partial charge in [-0.2, -0.15) is 0 Å². The van der Waals surface area contributed by atoms with E-state index >= 15 is 0 Å². The van der Waals surface area contributed by atoms with E-state index in [1.165, 1.54) is 33.3 Å². The zero-order chi connectivity index (χ0) is 34.5. The Morgan fingerprint density at radius 1 is 0.787 bits per heavy atom. The lowest BCUT2D eigenvalue weighted by atomic mass is 9.33. The molecule has 9 heteroatoms. The van der Waals surface area contributed by atoms with Crippen molar-refractivity contribution in [2.24, 2.45) is 50.2 Å². The fourth-order valence-electron chi connectivity index (χ4n) is 12.6. The molecular weight excluding hydrogens is 600 g/mol. The lowest BCUT2D eigenvalue weighted by Crippen LogP contribution is -2.68. The molecule has 2 bridgehead atoms. The van der Waals surface area contributed by atoms with Crippen LogP contribution >= 0.6 is 0 Å². The molecule has 9 nitrogen and oxygen atoms in total. The lowest BCUT2D eigenvalue weighted by Gasteiger charge is -2.71. The Morgan fingerprint density at radius 3 is 2.04 bits per heavy atom. The van der Waals surface area contributed by atoms with E-state index in [0.29, 0.717) is 5.92 Å². The van der Waals surface area contributed by atoms with Gasteiger partial charge in [-0.05, 0) is 84.4 Å². The highest BCUT2D eigenvalue weighted by molar-refractivity contribution is 5.67. The number of hydrogen-bond donors (Lipinski definition) is 0. The van der Waals surface area contributed by atoms with E-state index < -0.39 is 16.9 Å². The summed E-state index contributed by atoms with van der Waals surface area (Å²) in [5.74, 6) is -0.733. The van der Waals surface area contributed by atoms with Crippen molar-refractivity contribution in [1.29, 1.82) is 0 Å². The molecule has 0 aromatic heterocycles. The zero-order valence-electron chi connectivity index (χ0n) is 30.2. The minimum absolute atomic E-state index is 0.0286. The smallest absolute Gasteiger partial charge is 0.303 e. The van der Waals surface area contributed by atoms with Crippen LogP contribution in [-0.4, -0.2) is 61.5 Å². The largest absolute Gasteiger partial charge is 0.465 e. The summed E-state index contributed by atoms with van der Waals surface area (Å²) >= 11 is 0. The summed E-state index contributed by atoms with van der Waals surface area (Å²) in [5.41, 5.74) is -0.336. The van der Waals surface area contributed by atoms with Gasteiger partial charge in [-0.25, -0.2) is 0 Å². The second kappa shape index (κ2) is 11.0. The van der Waals surface area contributed by atoms with E-state index in [9.17, 15) is 19.2 Å². The second-order valence-corrected chi connectivity index (χ2v) is 17.6. The highest BCUT2D eigenvalue weighted by Crippen LogP contribution is 2.77. The van der Waals surface area contributed by atoms with E-state index in [1.54, 1.807) is 0 Å². The molecule has 0 amide bonds. The predicted molar refractivity (Wildman–Crippen MR) is 173 cm³/mol. The molecule has 1 saturated heterocycles. The highest BCUT2D eigenvalue weighted by Gasteiger charge is 2.77. The Morgan fingerprint density at radius 2 is 1.43 bits per heavy atom. The third-order valence-electron chi connectivity index (χ3n) is 14.8. The number of carbonyl (C=O) groups is 4. The molecule has 47 heavy (non-hydrogen) atoms. The molecule has 0 aromatic carbocycles. The van der Waals surface area contributed by atoms with Gasteiger partial charge in [0.1, 0.15) is 31.5 Å². The maximum atomic E-state index is 12.6. The average Bonchev–Trinajstić information content (AvgIpc) is 3.23. The maximum absolute atomic E-state index is 12.6. The van der Waals surface area contributed by atoms with Crippen LogP contribution in [0, 0.1) is 50.2 Å². The first-order valence-corrected chi connectivity index (χ1v) is 17.7. The molecule has 0 N–H and O–H groups in total. The fraction of sp³-hybridized carbons (Fsp3) is 0.842. The molecule has 4 saturated carbocycles. The first-order chi connectivity index (χ1) is 21.8. The van der Waals surface area contributed by atoms with Crippen LogP contribution < -0.4 is 0 Å². The molecule has 0 radical (unpaired) electrons. The van der Waals surface area contributed by atoms with Gasteiger partial charge in [-0.15, -0.1) is 0 Å². The van der Waals surface area contributed by atoms with Crippen LogP contribution in [0.2, 0.25) is 0 Å². The zero-order valence-corrected chi connectivity index (χ0v) is 30.2. The first kappa shape index (κ1) is 34.4. The van der Waals surface area contributed by atoms with Gasteiger partial charge in [-0.3, -0.25) is 19.2 Å². The number of carbonyl (C=O) groups excluding carboxylic acids is 4. The number of hydrogen-bond acceptors (Lipinski definition) is 9. The van der Waals surface area contributed by atoms with E-state index in [2.05, 4.69) is 47.6 Å². The monoisotopic (exact) mass is 656 g/mol.